The zero-order valence-corrected chi connectivity index (χ0v) is 17.9. The minimum Gasteiger partial charge on any atom is -0.481 e. The van der Waals surface area contributed by atoms with E-state index in [4.69, 9.17) is 21.1 Å². The number of carbonyl (C=O) groups excluding carboxylic acids is 1. The Kier molecular flexibility index (Phi) is 6.41. The molecule has 0 saturated carbocycles. The van der Waals surface area contributed by atoms with Crippen molar-refractivity contribution in [2.75, 3.05) is 19.5 Å². The van der Waals surface area contributed by atoms with E-state index < -0.39 is 26.9 Å². The molecule has 162 valence electrons. The molecular weight excluding hydrogens is 438 g/mol. The highest BCUT2D eigenvalue weighted by Crippen LogP contribution is 2.28. The van der Waals surface area contributed by atoms with Gasteiger partial charge in [-0.05, 0) is 18.6 Å². The minimum absolute atomic E-state index is 0.118. The number of hydrazone groups is 1. The van der Waals surface area contributed by atoms with Gasteiger partial charge in [-0.3, -0.25) is 5.32 Å². The number of hydrogen-bond acceptors (Lipinski definition) is 10. The average molecular weight is 458 g/mol. The minimum atomic E-state index is -4.31. The Bertz CT molecular complexity index is 1000. The second-order valence-electron chi connectivity index (χ2n) is 6.15. The molecule has 3 rings (SSSR count). The van der Waals surface area contributed by atoms with E-state index >= 15 is 0 Å². The van der Waals surface area contributed by atoms with Crippen LogP contribution in [0.25, 0.3) is 0 Å². The summed E-state index contributed by atoms with van der Waals surface area (Å²) in [5.41, 5.74) is -0.475. The molecule has 2 aliphatic rings. The van der Waals surface area contributed by atoms with Crippen LogP contribution in [-0.2, 0) is 10.0 Å². The van der Waals surface area contributed by atoms with Crippen LogP contribution in [-0.4, -0.2) is 66.1 Å². The van der Waals surface area contributed by atoms with Crippen molar-refractivity contribution >= 4 is 45.2 Å². The number of fused-ring (bicyclic) bond motifs is 1. The van der Waals surface area contributed by atoms with Crippen molar-refractivity contribution in [1.29, 1.82) is 0 Å². The number of aliphatic imine (C=N–C) groups is 1. The third kappa shape index (κ3) is 4.62. The maximum Gasteiger partial charge on any atom is 0.335 e. The fourth-order valence-corrected chi connectivity index (χ4v) is 4.54. The van der Waals surface area contributed by atoms with Crippen LogP contribution in [0.5, 0.6) is 11.8 Å². The number of hydrogen-bond donors (Lipinski definition) is 2. The second kappa shape index (κ2) is 8.83. The van der Waals surface area contributed by atoms with Crippen LogP contribution in [0.2, 0.25) is 0 Å². The fourth-order valence-electron chi connectivity index (χ4n) is 2.72. The number of rotatable bonds is 7. The molecule has 2 aliphatic heterocycles. The highest BCUT2D eigenvalue weighted by Gasteiger charge is 2.45. The summed E-state index contributed by atoms with van der Waals surface area (Å²) >= 11 is 6.14. The van der Waals surface area contributed by atoms with Crippen LogP contribution in [0.4, 0.5) is 10.7 Å². The Morgan fingerprint density at radius 2 is 1.90 bits per heavy atom. The van der Waals surface area contributed by atoms with Crippen LogP contribution >= 0.6 is 11.6 Å². The van der Waals surface area contributed by atoms with Crippen molar-refractivity contribution in [3.05, 3.63) is 18.2 Å². The first-order valence-electron chi connectivity index (χ1n) is 8.83. The van der Waals surface area contributed by atoms with Gasteiger partial charge in [0.15, 0.2) is 5.50 Å². The molecule has 0 fully saturated rings. The smallest absolute Gasteiger partial charge is 0.335 e. The fraction of sp³-hybridized carbons (Fsp3) is 0.438. The number of amides is 2. The Balaban J connectivity index is 1.76. The first-order chi connectivity index (χ1) is 14.3. The van der Waals surface area contributed by atoms with Gasteiger partial charge in [0.05, 0.1) is 26.0 Å². The number of methoxy groups -OCH3 is 2. The number of allylic oxidation sites excluding steroid dienone is 1. The van der Waals surface area contributed by atoms with Crippen LogP contribution in [0.1, 0.15) is 19.8 Å². The molecule has 1 aromatic rings. The molecule has 2 atom stereocenters. The Morgan fingerprint density at radius 3 is 2.50 bits per heavy atom. The molecule has 0 saturated heterocycles. The van der Waals surface area contributed by atoms with Gasteiger partial charge in [0, 0.05) is 0 Å². The van der Waals surface area contributed by atoms with Crippen molar-refractivity contribution in [1.82, 2.24) is 19.7 Å². The molecule has 0 aliphatic carbocycles. The van der Waals surface area contributed by atoms with Gasteiger partial charge in [-0.1, -0.05) is 24.9 Å². The van der Waals surface area contributed by atoms with Gasteiger partial charge in [-0.2, -0.15) is 15.1 Å². The summed E-state index contributed by atoms with van der Waals surface area (Å²) in [4.78, 5) is 24.2. The number of nitrogens with zero attached hydrogens (tertiary/aromatic N) is 5. The molecular formula is C16H20ClN7O5S. The molecule has 2 amide bonds. The van der Waals surface area contributed by atoms with Crippen molar-refractivity contribution in [2.45, 2.75) is 30.6 Å². The number of aromatic nitrogens is 2. The quantitative estimate of drug-likeness (QED) is 0.459. The van der Waals surface area contributed by atoms with Gasteiger partial charge in [0.2, 0.25) is 23.1 Å². The lowest BCUT2D eigenvalue weighted by atomic mass is 10.2. The van der Waals surface area contributed by atoms with Gasteiger partial charge in [0.25, 0.3) is 10.0 Å². The lowest BCUT2D eigenvalue weighted by Gasteiger charge is -2.25. The molecule has 1 aromatic heterocycles. The summed E-state index contributed by atoms with van der Waals surface area (Å²) in [5.74, 6) is 0.320. The number of anilines is 1. The van der Waals surface area contributed by atoms with E-state index in [-0.39, 0.29) is 17.7 Å². The van der Waals surface area contributed by atoms with Crippen molar-refractivity contribution in [2.24, 2.45) is 10.1 Å². The lowest BCUT2D eigenvalue weighted by Crippen LogP contribution is -2.49. The van der Waals surface area contributed by atoms with Crippen LogP contribution < -0.4 is 19.5 Å². The van der Waals surface area contributed by atoms with Gasteiger partial charge < -0.3 is 9.47 Å². The van der Waals surface area contributed by atoms with E-state index in [0.29, 0.717) is 18.0 Å². The predicted octanol–water partition coefficient (Wildman–Crippen LogP) is 1.28. The molecule has 2 N–H and O–H groups in total. The number of carbonyl (C=O) groups is 1. The summed E-state index contributed by atoms with van der Waals surface area (Å²) in [6, 6.07) is 0.304. The highest BCUT2D eigenvalue weighted by molar-refractivity contribution is 7.90. The van der Waals surface area contributed by atoms with E-state index in [1.807, 2.05) is 11.6 Å². The van der Waals surface area contributed by atoms with Crippen molar-refractivity contribution < 1.29 is 22.7 Å². The van der Waals surface area contributed by atoms with Crippen LogP contribution in [0, 0.1) is 0 Å². The molecule has 30 heavy (non-hydrogen) atoms. The molecule has 0 bridgehead atoms. The van der Waals surface area contributed by atoms with Crippen molar-refractivity contribution in [3.8, 4) is 11.8 Å². The van der Waals surface area contributed by atoms with Gasteiger partial charge >= 0.3 is 6.03 Å². The molecule has 0 aromatic carbocycles. The Labute approximate surface area is 178 Å². The van der Waals surface area contributed by atoms with Crippen LogP contribution in [0.15, 0.2) is 28.3 Å². The number of alkyl halides is 1. The third-order valence-electron chi connectivity index (χ3n) is 4.01. The number of halogens is 1. The number of nitrogens with one attached hydrogen (secondary N) is 2. The Morgan fingerprint density at radius 1 is 1.23 bits per heavy atom. The molecule has 2 unspecified atom stereocenters. The maximum atomic E-state index is 12.9. The summed E-state index contributed by atoms with van der Waals surface area (Å²) in [5, 5.41) is 6.33. The van der Waals surface area contributed by atoms with E-state index in [2.05, 4.69) is 25.4 Å². The van der Waals surface area contributed by atoms with Crippen LogP contribution in [0.3, 0.4) is 0 Å². The van der Waals surface area contributed by atoms with E-state index in [1.54, 1.807) is 12.2 Å². The monoisotopic (exact) mass is 457 g/mol. The lowest BCUT2D eigenvalue weighted by molar-refractivity contribution is 0.256. The number of ether oxygens (including phenoxy) is 2. The molecule has 0 radical (unpaired) electrons. The predicted molar refractivity (Wildman–Crippen MR) is 110 cm³/mol. The number of sulfonamides is 1. The molecule has 0 spiro atoms. The molecule has 3 heterocycles. The first kappa shape index (κ1) is 21.8. The summed E-state index contributed by atoms with van der Waals surface area (Å²) in [7, 11) is -1.57. The van der Waals surface area contributed by atoms with E-state index in [0.717, 1.165) is 6.42 Å². The first-order valence-corrected chi connectivity index (χ1v) is 10.8. The zero-order valence-electron chi connectivity index (χ0n) is 16.4. The van der Waals surface area contributed by atoms with Gasteiger partial charge in [-0.25, -0.2) is 27.9 Å². The average Bonchev–Trinajstić information content (AvgIpc) is 3.03. The largest absolute Gasteiger partial charge is 0.481 e. The van der Waals surface area contributed by atoms with Crippen molar-refractivity contribution in [3.63, 3.8) is 0 Å². The van der Waals surface area contributed by atoms with Gasteiger partial charge in [0.1, 0.15) is 5.84 Å². The third-order valence-corrected chi connectivity index (χ3v) is 6.06. The number of urea groups is 1. The summed E-state index contributed by atoms with van der Waals surface area (Å²) in [6.45, 7) is 1.98. The Hall–Kier alpha value is -2.93. The molecule has 14 heteroatoms. The van der Waals surface area contributed by atoms with Gasteiger partial charge in [-0.15, -0.1) is 0 Å². The zero-order chi connectivity index (χ0) is 21.9. The second-order valence-corrected chi connectivity index (χ2v) is 8.37. The van der Waals surface area contributed by atoms with E-state index in [9.17, 15) is 13.2 Å². The summed E-state index contributed by atoms with van der Waals surface area (Å²) in [6.07, 6.45) is 4.88. The maximum absolute atomic E-state index is 12.9. The molecule has 12 nitrogen and oxygen atoms in total. The highest BCUT2D eigenvalue weighted by atomic mass is 35.5. The SMILES string of the molecule is CCCC1=NN2C(=NC(Cl)C2S(=O)(=O)NC(=O)Nc2nc(OC)cc(OC)n2)C=C1. The topological polar surface area (TPSA) is 147 Å². The number of amidine groups is 1. The normalized spacial score (nSPS) is 20.2. The summed E-state index contributed by atoms with van der Waals surface area (Å²) < 4.78 is 37.6. The van der Waals surface area contributed by atoms with E-state index in [1.165, 1.54) is 25.3 Å². The standard InChI is InChI=1S/C16H20ClN7O5S/c1-4-5-9-6-7-10-18-13(17)14(24(10)22-9)30(26,27)23-16(25)21-15-19-11(28-2)8-12(20-15)29-3/h6-8,13-14H,4-5H2,1-3H3,(H2,19,20,21,23,25).